The van der Waals surface area contributed by atoms with Crippen molar-refractivity contribution in [1.82, 2.24) is 20.9 Å². The molecule has 10 nitrogen and oxygen atoms in total. The van der Waals surface area contributed by atoms with Gasteiger partial charge in [-0.3, -0.25) is 24.1 Å². The fourth-order valence-electron chi connectivity index (χ4n) is 13.3. The molecule has 66 heavy (non-hydrogen) atoms. The molecule has 0 bridgehead atoms. The highest BCUT2D eigenvalue weighted by Crippen LogP contribution is 2.65. The Morgan fingerprint density at radius 1 is 0.924 bits per heavy atom. The lowest BCUT2D eigenvalue weighted by atomic mass is 9.56. The van der Waals surface area contributed by atoms with Crippen LogP contribution in [0.15, 0.2) is 77.4 Å². The molecular formula is C53H69F3N4O6. The highest BCUT2D eigenvalue weighted by Gasteiger charge is 2.61. The van der Waals surface area contributed by atoms with Gasteiger partial charge in [0, 0.05) is 62.1 Å². The van der Waals surface area contributed by atoms with E-state index in [0.717, 1.165) is 58.0 Å². The van der Waals surface area contributed by atoms with Gasteiger partial charge in [-0.2, -0.15) is 13.2 Å². The van der Waals surface area contributed by atoms with Crippen molar-refractivity contribution in [3.63, 3.8) is 0 Å². The summed E-state index contributed by atoms with van der Waals surface area (Å²) in [4.78, 5) is 53.3. The van der Waals surface area contributed by atoms with Gasteiger partial charge >= 0.3 is 12.1 Å². The molecule has 13 heteroatoms. The zero-order valence-electron chi connectivity index (χ0n) is 39.1. The molecule has 4 aliphatic carbocycles. The molecule has 0 radical (unpaired) electrons. The summed E-state index contributed by atoms with van der Waals surface area (Å²) in [5, 5.41) is 18.1. The Labute approximate surface area is 387 Å². The van der Waals surface area contributed by atoms with Gasteiger partial charge in [-0.15, -0.1) is 0 Å². The van der Waals surface area contributed by atoms with Crippen LogP contribution in [0.5, 0.6) is 0 Å². The summed E-state index contributed by atoms with van der Waals surface area (Å²) in [6, 6.07) is 13.7. The van der Waals surface area contributed by atoms with Gasteiger partial charge < -0.3 is 25.8 Å². The van der Waals surface area contributed by atoms with E-state index in [4.69, 9.17) is 4.74 Å². The van der Waals surface area contributed by atoms with Crippen LogP contribution in [0.2, 0.25) is 0 Å². The van der Waals surface area contributed by atoms with Crippen LogP contribution in [0.4, 0.5) is 13.2 Å². The number of likely N-dealkylation sites (tertiary alicyclic amines) is 1. The molecule has 1 unspecified atom stereocenters. The molecule has 2 saturated heterocycles. The number of carbonyl (C=O) groups is 4. The minimum Gasteiger partial charge on any atom is -0.393 e. The summed E-state index contributed by atoms with van der Waals surface area (Å²) in [5.41, 5.74) is 5.93. The lowest BCUT2D eigenvalue weighted by molar-refractivity contribution is -0.174. The molecule has 2 heterocycles. The number of nitrogens with zero attached hydrogens (tertiary/aromatic N) is 1. The largest absolute Gasteiger partial charge is 0.471 e. The van der Waals surface area contributed by atoms with E-state index in [1.54, 1.807) is 60.2 Å². The summed E-state index contributed by atoms with van der Waals surface area (Å²) in [7, 11) is 0. The summed E-state index contributed by atoms with van der Waals surface area (Å²) < 4.78 is 46.9. The van der Waals surface area contributed by atoms with Crippen molar-refractivity contribution in [2.75, 3.05) is 26.2 Å². The van der Waals surface area contributed by atoms with Crippen molar-refractivity contribution in [1.29, 1.82) is 0 Å². The standard InChI is InChI=1S/C53H69F3N4O6/c1-32-27-45-47(34(3)52(66-45)23-21-40-41-19-18-38-29-39(61)20-22-51(38,4)43(41)30-42(40)33(52)2)60(31-32)26-25-57-46(62)13-9-6-10-24-58-49(64)44(59-50(65)53(54,55)56)28-35-14-16-37(17-15-35)48(63)36-11-7-5-8-12-36/h5,7-8,11-12,14-18,32,34,39-41,43-45,47,61H,6,9-10,13,19-31H2,1-4H3,(H,57,62)(H,58,64)(H,59,65)/t32-,34+,39-,40-,41-,43-,44-,45+,47-,51-,52?/m0/s1. The molecule has 4 fully saturated rings. The number of hydrogen-bond donors (Lipinski definition) is 4. The van der Waals surface area contributed by atoms with Crippen LogP contribution >= 0.6 is 0 Å². The molecule has 4 N–H and O–H groups in total. The predicted octanol–water partition coefficient (Wildman–Crippen LogP) is 8.03. The lowest BCUT2D eigenvalue weighted by Gasteiger charge is -2.49. The number of ketones is 1. The molecule has 1 spiro atoms. The second-order valence-corrected chi connectivity index (χ2v) is 20.8. The van der Waals surface area contributed by atoms with Crippen LogP contribution in [0.1, 0.15) is 126 Å². The van der Waals surface area contributed by atoms with E-state index < -0.39 is 24.0 Å². The highest BCUT2D eigenvalue weighted by molar-refractivity contribution is 6.09. The van der Waals surface area contributed by atoms with Gasteiger partial charge in [-0.25, -0.2) is 0 Å². The Hall–Kier alpha value is -4.33. The molecule has 3 amide bonds. The summed E-state index contributed by atoms with van der Waals surface area (Å²) >= 11 is 0. The fourth-order valence-corrected chi connectivity index (χ4v) is 13.3. The molecule has 2 aromatic carbocycles. The number of alkyl halides is 3. The Morgan fingerprint density at radius 3 is 2.41 bits per heavy atom. The second-order valence-electron chi connectivity index (χ2n) is 20.8. The van der Waals surface area contributed by atoms with Gasteiger partial charge in [0.1, 0.15) is 6.04 Å². The molecule has 11 atom stereocenters. The Kier molecular flexibility index (Phi) is 14.4. The Morgan fingerprint density at radius 2 is 1.67 bits per heavy atom. The number of rotatable bonds is 15. The van der Waals surface area contributed by atoms with Gasteiger partial charge in [0.2, 0.25) is 11.8 Å². The zero-order chi connectivity index (χ0) is 47.0. The van der Waals surface area contributed by atoms with E-state index in [1.165, 1.54) is 17.6 Å². The molecule has 6 aliphatic rings. The first-order valence-corrected chi connectivity index (χ1v) is 24.6. The third kappa shape index (κ3) is 9.81. The molecular weight excluding hydrogens is 846 g/mol. The molecule has 0 aromatic heterocycles. The number of aliphatic hydroxyl groups excluding tert-OH is 1. The third-order valence-electron chi connectivity index (χ3n) is 16.8. The van der Waals surface area contributed by atoms with E-state index in [9.17, 15) is 37.5 Å². The minimum absolute atomic E-state index is 0.0420. The van der Waals surface area contributed by atoms with E-state index in [0.29, 0.717) is 78.5 Å². The highest BCUT2D eigenvalue weighted by atomic mass is 19.4. The normalized spacial score (nSPS) is 32.1. The van der Waals surface area contributed by atoms with Crippen molar-refractivity contribution in [3.8, 4) is 0 Å². The number of unbranched alkanes of at least 4 members (excludes halogenated alkanes) is 2. The number of ether oxygens (including phenoxy) is 1. The third-order valence-corrected chi connectivity index (χ3v) is 16.8. The number of carbonyl (C=O) groups excluding carboxylic acids is 4. The lowest BCUT2D eigenvalue weighted by Crippen LogP contribution is -2.54. The van der Waals surface area contributed by atoms with Crippen molar-refractivity contribution in [2.45, 2.75) is 147 Å². The SMILES string of the molecule is CC1=C2C[C@H]3[C@@H](CC=C4C[C@@H](O)CC[C@@]43C)[C@@H]2CCC12O[C@@H]1C[C@H](C)CN(CCNC(=O)CCCCCNC(=O)[C@H](Cc3ccc(C(=O)c4ccccc4)cc3)NC(=O)C(F)(F)F)[C@H]1[C@H]2C. The molecule has 2 saturated carbocycles. The van der Waals surface area contributed by atoms with E-state index >= 15 is 0 Å². The number of hydrogen-bond acceptors (Lipinski definition) is 7. The van der Waals surface area contributed by atoms with Crippen LogP contribution < -0.4 is 16.0 Å². The van der Waals surface area contributed by atoms with Gasteiger partial charge in [0.15, 0.2) is 5.78 Å². The van der Waals surface area contributed by atoms with Crippen molar-refractivity contribution < 1.29 is 42.2 Å². The quantitative estimate of drug-likeness (QED) is 0.0808. The molecule has 8 rings (SSSR count). The maximum absolute atomic E-state index is 13.2. The average Bonchev–Trinajstić information content (AvgIpc) is 3.82. The summed E-state index contributed by atoms with van der Waals surface area (Å²) in [6.07, 6.45) is 7.46. The van der Waals surface area contributed by atoms with E-state index in [1.807, 2.05) is 5.32 Å². The van der Waals surface area contributed by atoms with Crippen LogP contribution in [0.25, 0.3) is 0 Å². The smallest absolute Gasteiger partial charge is 0.393 e. The van der Waals surface area contributed by atoms with Crippen molar-refractivity contribution in [3.05, 3.63) is 94.1 Å². The number of allylic oxidation sites excluding steroid dienone is 2. The first kappa shape index (κ1) is 48.1. The maximum Gasteiger partial charge on any atom is 0.471 e. The number of benzene rings is 2. The van der Waals surface area contributed by atoms with E-state index in [2.05, 4.69) is 49.3 Å². The van der Waals surface area contributed by atoms with Gasteiger partial charge in [-0.05, 0) is 111 Å². The first-order valence-electron chi connectivity index (χ1n) is 24.6. The number of nitrogens with one attached hydrogen (secondary N) is 3. The monoisotopic (exact) mass is 915 g/mol. The Balaban J connectivity index is 0.785. The molecule has 2 aliphatic heterocycles. The number of aliphatic hydroxyl groups is 1. The van der Waals surface area contributed by atoms with Gasteiger partial charge in [0.05, 0.1) is 17.8 Å². The summed E-state index contributed by atoms with van der Waals surface area (Å²) in [6.45, 7) is 12.0. The first-order chi connectivity index (χ1) is 31.5. The van der Waals surface area contributed by atoms with E-state index in [-0.39, 0.29) is 53.9 Å². The molecule has 2 aromatic rings. The predicted molar refractivity (Wildman–Crippen MR) is 246 cm³/mol. The number of amides is 3. The van der Waals surface area contributed by atoms with Crippen LogP contribution in [-0.4, -0.2) is 95.8 Å². The average molecular weight is 915 g/mol. The summed E-state index contributed by atoms with van der Waals surface area (Å²) in [5.74, 6) is -0.462. The van der Waals surface area contributed by atoms with Gasteiger partial charge in [0.25, 0.3) is 0 Å². The zero-order valence-corrected chi connectivity index (χ0v) is 39.1. The molecule has 358 valence electrons. The maximum atomic E-state index is 13.2. The van der Waals surface area contributed by atoms with Gasteiger partial charge in [-0.1, -0.05) is 99.0 Å². The topological polar surface area (TPSA) is 137 Å². The number of piperidine rings is 1. The number of fused-ring (bicyclic) bond motifs is 6. The van der Waals surface area contributed by atoms with Crippen LogP contribution in [0, 0.1) is 35.0 Å². The fraction of sp³-hybridized carbons (Fsp3) is 0.623. The number of halogens is 3. The van der Waals surface area contributed by atoms with Crippen LogP contribution in [0.3, 0.4) is 0 Å². The van der Waals surface area contributed by atoms with Crippen molar-refractivity contribution in [2.24, 2.45) is 35.0 Å². The van der Waals surface area contributed by atoms with Crippen LogP contribution in [-0.2, 0) is 25.5 Å². The Bertz CT molecular complexity index is 2180. The van der Waals surface area contributed by atoms with Crippen molar-refractivity contribution >= 4 is 23.5 Å². The second kappa shape index (κ2) is 19.7. The minimum atomic E-state index is -5.17.